The molecule has 0 bridgehead atoms. The number of nitrogens with two attached hydrogens (primary N) is 1. The van der Waals surface area contributed by atoms with Gasteiger partial charge in [0.2, 0.25) is 17.2 Å². The number of ether oxygens (including phenoxy) is 2. The highest BCUT2D eigenvalue weighted by atomic mass is 19.4. The van der Waals surface area contributed by atoms with Crippen LogP contribution in [-0.4, -0.2) is 23.3 Å². The Morgan fingerprint density at radius 2 is 2.08 bits per heavy atom. The number of fused-ring (bicyclic) bond motifs is 3. The minimum atomic E-state index is -5.18. The Labute approximate surface area is 146 Å². The minimum Gasteiger partial charge on any atom is -0.465 e. The zero-order valence-electron chi connectivity index (χ0n) is 13.8. The van der Waals surface area contributed by atoms with Gasteiger partial charge in [0.15, 0.2) is 0 Å². The van der Waals surface area contributed by atoms with Gasteiger partial charge in [0, 0.05) is 12.4 Å². The zero-order valence-corrected chi connectivity index (χ0v) is 13.8. The van der Waals surface area contributed by atoms with Crippen molar-refractivity contribution in [3.63, 3.8) is 0 Å². The van der Waals surface area contributed by atoms with Crippen molar-refractivity contribution in [2.24, 2.45) is 12.8 Å². The topological polar surface area (TPSA) is 90.3 Å². The van der Waals surface area contributed by atoms with Crippen LogP contribution in [0.1, 0.15) is 12.5 Å². The maximum atomic E-state index is 14.4. The van der Waals surface area contributed by atoms with Crippen molar-refractivity contribution in [3.8, 4) is 11.9 Å². The highest BCUT2D eigenvalue weighted by Crippen LogP contribution is 2.56. The van der Waals surface area contributed by atoms with Gasteiger partial charge in [0.05, 0.1) is 17.7 Å². The van der Waals surface area contributed by atoms with Crippen molar-refractivity contribution in [2.75, 3.05) is 6.61 Å². The number of hydrogen-bond acceptors (Lipinski definition) is 5. The zero-order chi connectivity index (χ0) is 19.3. The summed E-state index contributed by atoms with van der Waals surface area (Å²) in [6.07, 6.45) is -5.18. The molecule has 2 heterocycles. The summed E-state index contributed by atoms with van der Waals surface area (Å²) in [6.45, 7) is 1.08. The minimum absolute atomic E-state index is 0.121. The number of alkyl halides is 3. The van der Waals surface area contributed by atoms with E-state index in [0.29, 0.717) is 5.52 Å². The average molecular weight is 365 g/mol. The molecule has 0 fully saturated rings. The van der Waals surface area contributed by atoms with E-state index in [0.717, 1.165) is 0 Å². The first kappa shape index (κ1) is 17.7. The first-order valence-corrected chi connectivity index (χ1v) is 7.61. The maximum Gasteiger partial charge on any atom is 0.414 e. The van der Waals surface area contributed by atoms with Gasteiger partial charge < -0.3 is 19.8 Å². The van der Waals surface area contributed by atoms with Gasteiger partial charge in [-0.15, -0.1) is 0 Å². The summed E-state index contributed by atoms with van der Waals surface area (Å²) in [6, 6.07) is 7.57. The Hall–Kier alpha value is -3.15. The van der Waals surface area contributed by atoms with Crippen molar-refractivity contribution in [1.82, 2.24) is 4.57 Å². The lowest BCUT2D eigenvalue weighted by Gasteiger charge is -2.36. The van der Waals surface area contributed by atoms with E-state index in [1.54, 1.807) is 12.1 Å². The molecule has 2 N–H and O–H groups in total. The van der Waals surface area contributed by atoms with E-state index < -0.39 is 34.6 Å². The van der Waals surface area contributed by atoms with Crippen LogP contribution in [0.5, 0.6) is 5.88 Å². The Balaban J connectivity index is 2.56. The lowest BCUT2D eigenvalue weighted by atomic mass is 9.72. The molecule has 0 spiro atoms. The Bertz CT molecular complexity index is 985. The molecule has 3 rings (SSSR count). The maximum absolute atomic E-state index is 14.4. The van der Waals surface area contributed by atoms with Crippen LogP contribution in [0, 0.1) is 11.3 Å². The molecule has 1 aliphatic heterocycles. The van der Waals surface area contributed by atoms with Gasteiger partial charge in [-0.3, -0.25) is 4.79 Å². The Morgan fingerprint density at radius 1 is 1.42 bits per heavy atom. The molecule has 2 aromatic rings. The van der Waals surface area contributed by atoms with E-state index >= 15 is 0 Å². The third kappa shape index (κ3) is 2.02. The number of carbonyl (C=O) groups is 1. The Kier molecular flexibility index (Phi) is 3.87. The smallest absolute Gasteiger partial charge is 0.414 e. The second-order valence-corrected chi connectivity index (χ2v) is 5.68. The molecular formula is C17H14F3N3O3. The number of hydrogen-bond donors (Lipinski definition) is 1. The van der Waals surface area contributed by atoms with Gasteiger partial charge in [0.1, 0.15) is 11.6 Å². The number of rotatable bonds is 2. The van der Waals surface area contributed by atoms with E-state index in [1.165, 1.54) is 36.7 Å². The van der Waals surface area contributed by atoms with E-state index in [1.807, 2.05) is 0 Å². The van der Waals surface area contributed by atoms with Crippen molar-refractivity contribution in [2.45, 2.75) is 18.5 Å². The first-order chi connectivity index (χ1) is 12.2. The van der Waals surface area contributed by atoms with Crippen LogP contribution >= 0.6 is 0 Å². The number of benzene rings is 1. The summed E-state index contributed by atoms with van der Waals surface area (Å²) in [7, 11) is 1.48. The summed E-state index contributed by atoms with van der Waals surface area (Å²) >= 11 is 0. The van der Waals surface area contributed by atoms with Gasteiger partial charge in [0.25, 0.3) is 0 Å². The van der Waals surface area contributed by atoms with Crippen molar-refractivity contribution < 1.29 is 27.4 Å². The van der Waals surface area contributed by atoms with Gasteiger partial charge in [-0.05, 0) is 13.0 Å². The quantitative estimate of drug-likeness (QED) is 0.827. The molecule has 136 valence electrons. The molecule has 9 heteroatoms. The van der Waals surface area contributed by atoms with Crippen LogP contribution < -0.4 is 10.5 Å². The van der Waals surface area contributed by atoms with Crippen molar-refractivity contribution in [1.29, 1.82) is 5.26 Å². The number of nitrogens with zero attached hydrogens (tertiary/aromatic N) is 2. The van der Waals surface area contributed by atoms with Crippen LogP contribution in [0.2, 0.25) is 0 Å². The number of nitriles is 1. The Morgan fingerprint density at radius 3 is 2.65 bits per heavy atom. The van der Waals surface area contributed by atoms with Crippen LogP contribution in [0.15, 0.2) is 35.7 Å². The van der Waals surface area contributed by atoms with Gasteiger partial charge >= 0.3 is 12.1 Å². The van der Waals surface area contributed by atoms with E-state index in [-0.39, 0.29) is 17.9 Å². The van der Waals surface area contributed by atoms with Crippen LogP contribution in [0.25, 0.3) is 10.9 Å². The molecule has 1 aliphatic rings. The third-order valence-electron chi connectivity index (χ3n) is 4.37. The number of halogens is 3. The van der Waals surface area contributed by atoms with Crippen molar-refractivity contribution >= 4 is 16.9 Å². The van der Waals surface area contributed by atoms with E-state index in [9.17, 15) is 23.2 Å². The third-order valence-corrected chi connectivity index (χ3v) is 4.37. The predicted molar refractivity (Wildman–Crippen MR) is 84.7 cm³/mol. The molecule has 0 radical (unpaired) electrons. The summed E-state index contributed by atoms with van der Waals surface area (Å²) in [5.74, 6) is -2.66. The summed E-state index contributed by atoms with van der Waals surface area (Å²) in [4.78, 5) is 12.6. The largest absolute Gasteiger partial charge is 0.465 e. The number of para-hydroxylation sites is 1. The van der Waals surface area contributed by atoms with Crippen molar-refractivity contribution in [3.05, 3.63) is 41.3 Å². The fourth-order valence-corrected chi connectivity index (χ4v) is 3.30. The molecule has 1 unspecified atom stereocenters. The first-order valence-electron chi connectivity index (χ1n) is 7.61. The molecule has 0 aliphatic carbocycles. The van der Waals surface area contributed by atoms with E-state index in [2.05, 4.69) is 0 Å². The summed E-state index contributed by atoms with van der Waals surface area (Å²) in [5.41, 5.74) is 1.11. The molecule has 26 heavy (non-hydrogen) atoms. The highest BCUT2D eigenvalue weighted by molar-refractivity contribution is 6.00. The molecule has 1 atom stereocenters. The number of aromatic nitrogens is 1. The number of esters is 1. The highest BCUT2D eigenvalue weighted by Gasteiger charge is 2.70. The second-order valence-electron chi connectivity index (χ2n) is 5.68. The normalized spacial score (nSPS) is 19.7. The molecule has 6 nitrogen and oxygen atoms in total. The molecule has 1 aromatic heterocycles. The second kappa shape index (κ2) is 5.69. The standard InChI is InChI=1S/C17H14F3N3O3/c1-3-25-15(24)16(17(18,19)20)10(8-21)13(22)26-14-12(16)9-6-4-5-7-11(9)23(14)2/h4-7H,3,22H2,1-2H3. The fourth-order valence-electron chi connectivity index (χ4n) is 3.30. The SMILES string of the molecule is CCOC(=O)C1(C(F)(F)F)C(C#N)=C(N)Oc2c1c1ccccc1n2C. The lowest BCUT2D eigenvalue weighted by Crippen LogP contribution is -2.54. The fraction of sp³-hybridized carbons (Fsp3) is 0.294. The number of aryl methyl sites for hydroxylation is 1. The van der Waals surface area contributed by atoms with Gasteiger partial charge in [-0.1, -0.05) is 18.2 Å². The molecular weight excluding hydrogens is 351 g/mol. The van der Waals surface area contributed by atoms with Crippen LogP contribution in [-0.2, 0) is 22.0 Å². The number of carbonyl (C=O) groups excluding carboxylic acids is 1. The predicted octanol–water partition coefficient (Wildman–Crippen LogP) is 2.63. The molecule has 0 saturated carbocycles. The monoisotopic (exact) mass is 365 g/mol. The molecule has 0 amide bonds. The van der Waals surface area contributed by atoms with Gasteiger partial charge in [-0.2, -0.15) is 18.4 Å². The molecule has 1 aromatic carbocycles. The summed E-state index contributed by atoms with van der Waals surface area (Å²) < 4.78 is 54.6. The van der Waals surface area contributed by atoms with Crippen LogP contribution in [0.3, 0.4) is 0 Å². The summed E-state index contributed by atoms with van der Waals surface area (Å²) in [5, 5.41) is 9.52. The van der Waals surface area contributed by atoms with Crippen LogP contribution in [0.4, 0.5) is 13.2 Å². The molecule has 0 saturated heterocycles. The van der Waals surface area contributed by atoms with E-state index in [4.69, 9.17) is 15.2 Å². The lowest BCUT2D eigenvalue weighted by molar-refractivity contribution is -0.201. The van der Waals surface area contributed by atoms with Gasteiger partial charge in [-0.25, -0.2) is 0 Å². The average Bonchev–Trinajstić information content (AvgIpc) is 2.85.